The van der Waals surface area contributed by atoms with Gasteiger partial charge in [-0.05, 0) is 26.2 Å². The lowest BCUT2D eigenvalue weighted by molar-refractivity contribution is -0.244. The van der Waals surface area contributed by atoms with E-state index in [4.69, 9.17) is 0 Å². The van der Waals surface area contributed by atoms with Crippen LogP contribution in [0.4, 0.5) is 26.3 Å². The first-order valence-corrected chi connectivity index (χ1v) is 8.79. The van der Waals surface area contributed by atoms with Crippen LogP contribution in [0.5, 0.6) is 0 Å². The molecule has 0 amide bonds. The smallest absolute Gasteiger partial charge is 0.298 e. The number of nitrogens with zero attached hydrogens (tertiary/aromatic N) is 1. The van der Waals surface area contributed by atoms with E-state index in [1.807, 2.05) is 0 Å². The highest BCUT2D eigenvalue weighted by Crippen LogP contribution is 2.61. The van der Waals surface area contributed by atoms with E-state index < -0.39 is 49.9 Å². The van der Waals surface area contributed by atoms with E-state index in [1.54, 1.807) is 0 Å². The number of alkyl halides is 6. The lowest BCUT2D eigenvalue weighted by Crippen LogP contribution is -2.51. The van der Waals surface area contributed by atoms with E-state index in [2.05, 4.69) is 9.05 Å². The summed E-state index contributed by atoms with van der Waals surface area (Å²) in [7, 11) is -5.12. The van der Waals surface area contributed by atoms with Gasteiger partial charge in [-0.3, -0.25) is 13.6 Å². The Kier molecular flexibility index (Phi) is 7.61. The largest absolute Gasteiger partial charge is 0.412 e. The standard InChI is InChI=1S/C13H23F6NO4P/c1-10(2,3)9(20(21)11(4,5)6)25(22,23-7-12(14,15)16)24-8-13(17,18)19/h9H,7-8H2,1-6H3. The Labute approximate surface area is 142 Å². The zero-order valence-corrected chi connectivity index (χ0v) is 15.7. The van der Waals surface area contributed by atoms with Crippen molar-refractivity contribution < 1.29 is 45.2 Å². The van der Waals surface area contributed by atoms with Crippen LogP contribution in [0, 0.1) is 5.41 Å². The van der Waals surface area contributed by atoms with E-state index in [0.29, 0.717) is 0 Å². The van der Waals surface area contributed by atoms with Crippen LogP contribution < -0.4 is 0 Å². The van der Waals surface area contributed by atoms with Gasteiger partial charge in [-0.2, -0.15) is 26.3 Å². The van der Waals surface area contributed by atoms with E-state index >= 15 is 0 Å². The molecule has 0 aromatic carbocycles. The molecule has 25 heavy (non-hydrogen) atoms. The van der Waals surface area contributed by atoms with Crippen molar-refractivity contribution in [3.05, 3.63) is 0 Å². The first kappa shape index (κ1) is 24.7. The summed E-state index contributed by atoms with van der Waals surface area (Å²) in [5.41, 5.74) is -2.57. The second-order valence-electron chi connectivity index (χ2n) is 7.55. The average Bonchev–Trinajstić information content (AvgIpc) is 2.30. The summed E-state index contributed by atoms with van der Waals surface area (Å²) in [6.07, 6.45) is -9.93. The Balaban J connectivity index is 5.95. The van der Waals surface area contributed by atoms with Gasteiger partial charge in [0.25, 0.3) is 0 Å². The third-order valence-electron chi connectivity index (χ3n) is 2.77. The van der Waals surface area contributed by atoms with Gasteiger partial charge in [0.1, 0.15) is 5.78 Å². The maximum absolute atomic E-state index is 12.9. The lowest BCUT2D eigenvalue weighted by atomic mass is 9.94. The highest BCUT2D eigenvalue weighted by atomic mass is 31.2. The summed E-state index contributed by atoms with van der Waals surface area (Å²) < 4.78 is 96.0. The molecule has 0 spiro atoms. The van der Waals surface area contributed by atoms with Gasteiger partial charge in [-0.1, -0.05) is 20.8 Å². The highest BCUT2D eigenvalue weighted by molar-refractivity contribution is 7.54. The van der Waals surface area contributed by atoms with Gasteiger partial charge in [-0.15, -0.1) is 10.3 Å². The van der Waals surface area contributed by atoms with Gasteiger partial charge in [0, 0.05) is 5.54 Å². The molecule has 151 valence electrons. The van der Waals surface area contributed by atoms with E-state index in [1.165, 1.54) is 41.5 Å². The summed E-state index contributed by atoms with van der Waals surface area (Å²) in [5, 5.41) is 12.7. The summed E-state index contributed by atoms with van der Waals surface area (Å²) in [4.78, 5) is 0. The highest BCUT2D eigenvalue weighted by Gasteiger charge is 2.53. The minimum absolute atomic E-state index is 0.167. The molecule has 0 N–H and O–H groups in total. The van der Waals surface area contributed by atoms with Crippen LogP contribution in [-0.2, 0) is 18.8 Å². The van der Waals surface area contributed by atoms with Crippen molar-refractivity contribution in [2.45, 2.75) is 65.2 Å². The molecule has 0 heterocycles. The Morgan fingerprint density at radius 2 is 1.16 bits per heavy atom. The van der Waals surface area contributed by atoms with Gasteiger partial charge in [-0.25, -0.2) is 0 Å². The van der Waals surface area contributed by atoms with Crippen LogP contribution >= 0.6 is 7.60 Å². The van der Waals surface area contributed by atoms with Gasteiger partial charge >= 0.3 is 19.9 Å². The fraction of sp³-hybridized carbons (Fsp3) is 1.00. The molecule has 0 aliphatic rings. The molecular weight excluding hydrogens is 379 g/mol. The first-order valence-electron chi connectivity index (χ1n) is 7.18. The quantitative estimate of drug-likeness (QED) is 0.350. The van der Waals surface area contributed by atoms with Crippen molar-refractivity contribution in [2.24, 2.45) is 5.41 Å². The van der Waals surface area contributed by atoms with Crippen LogP contribution in [0.3, 0.4) is 0 Å². The fourth-order valence-corrected chi connectivity index (χ4v) is 4.39. The van der Waals surface area contributed by atoms with Gasteiger partial charge in [0.2, 0.25) is 0 Å². The number of halogens is 6. The van der Waals surface area contributed by atoms with Gasteiger partial charge in [0.15, 0.2) is 13.2 Å². The number of hydroxylamine groups is 2. The molecule has 0 saturated carbocycles. The molecule has 1 radical (unpaired) electrons. The first-order chi connectivity index (χ1) is 10.7. The topological polar surface area (TPSA) is 58.7 Å². The van der Waals surface area contributed by atoms with Crippen molar-refractivity contribution in [3.8, 4) is 0 Å². The predicted molar refractivity (Wildman–Crippen MR) is 77.1 cm³/mol. The van der Waals surface area contributed by atoms with Crippen LogP contribution in [0.25, 0.3) is 0 Å². The third kappa shape index (κ3) is 8.72. The molecule has 0 rings (SSSR count). The number of hydrogen-bond donors (Lipinski definition) is 0. The minimum atomic E-state index is -5.12. The summed E-state index contributed by atoms with van der Waals surface area (Å²) in [6, 6.07) is 0. The van der Waals surface area contributed by atoms with Gasteiger partial charge in [0.05, 0.1) is 0 Å². The predicted octanol–water partition coefficient (Wildman–Crippen LogP) is 5.16. The van der Waals surface area contributed by atoms with Crippen molar-refractivity contribution in [3.63, 3.8) is 0 Å². The molecule has 12 heteroatoms. The summed E-state index contributed by atoms with van der Waals surface area (Å²) in [6.45, 7) is 3.93. The Bertz CT molecular complexity index is 459. The second kappa shape index (κ2) is 7.72. The van der Waals surface area contributed by atoms with Crippen molar-refractivity contribution in [1.82, 2.24) is 5.06 Å². The summed E-state index contributed by atoms with van der Waals surface area (Å²) >= 11 is 0. The summed E-state index contributed by atoms with van der Waals surface area (Å²) in [5.74, 6) is -1.88. The molecule has 5 nitrogen and oxygen atoms in total. The molecule has 0 bridgehead atoms. The lowest BCUT2D eigenvalue weighted by Gasteiger charge is -2.43. The van der Waals surface area contributed by atoms with E-state index in [-0.39, 0.29) is 5.06 Å². The van der Waals surface area contributed by atoms with Crippen molar-refractivity contribution in [2.75, 3.05) is 13.2 Å². The Hall–Kier alpha value is -0.350. The maximum atomic E-state index is 12.9. The Morgan fingerprint density at radius 3 is 1.36 bits per heavy atom. The van der Waals surface area contributed by atoms with Crippen LogP contribution in [0.15, 0.2) is 0 Å². The molecule has 0 aliphatic heterocycles. The molecule has 0 fully saturated rings. The number of hydrogen-bond acceptors (Lipinski definition) is 4. The molecule has 1 atom stereocenters. The SMILES string of the molecule is CC(C)(C)C(N([O])C(C)(C)C)P(=O)(OCC(F)(F)F)OCC(F)(F)F. The van der Waals surface area contributed by atoms with E-state index in [0.717, 1.165) is 0 Å². The van der Waals surface area contributed by atoms with Crippen molar-refractivity contribution in [1.29, 1.82) is 0 Å². The maximum Gasteiger partial charge on any atom is 0.412 e. The number of rotatable bonds is 6. The molecule has 1 unspecified atom stereocenters. The van der Waals surface area contributed by atoms with Crippen LogP contribution in [0.1, 0.15) is 41.5 Å². The third-order valence-corrected chi connectivity index (χ3v) is 5.34. The zero-order valence-electron chi connectivity index (χ0n) is 14.8. The molecule has 0 aromatic rings. The van der Waals surface area contributed by atoms with Gasteiger partial charge < -0.3 is 0 Å². The monoisotopic (exact) mass is 402 g/mol. The molecule has 0 aromatic heterocycles. The second-order valence-corrected chi connectivity index (χ2v) is 9.64. The average molecular weight is 402 g/mol. The van der Waals surface area contributed by atoms with Crippen molar-refractivity contribution >= 4 is 7.60 Å². The van der Waals surface area contributed by atoms with E-state index in [9.17, 15) is 36.1 Å². The molecular formula is C13H23F6NO4P. The van der Waals surface area contributed by atoms with Crippen LogP contribution in [0.2, 0.25) is 0 Å². The zero-order chi connectivity index (χ0) is 20.5. The molecule has 0 aliphatic carbocycles. The fourth-order valence-electron chi connectivity index (χ4n) is 1.83. The van der Waals surface area contributed by atoms with Crippen LogP contribution in [-0.4, -0.2) is 42.0 Å². The minimum Gasteiger partial charge on any atom is -0.298 e. The normalized spacial score (nSPS) is 16.4. The Morgan fingerprint density at radius 1 is 0.840 bits per heavy atom. The molecule has 0 saturated heterocycles.